The maximum absolute atomic E-state index is 12.5. The molecule has 3 aromatic rings. The zero-order valence-electron chi connectivity index (χ0n) is 17.8. The first-order valence-corrected chi connectivity index (χ1v) is 9.87. The fourth-order valence-corrected chi connectivity index (χ4v) is 3.07. The van der Waals surface area contributed by atoms with Gasteiger partial charge in [-0.1, -0.05) is 36.4 Å². The number of carbonyl (C=O) groups excluding carboxylic acids is 2. The number of anilines is 1. The molecule has 8 nitrogen and oxygen atoms in total. The quantitative estimate of drug-likeness (QED) is 0.553. The standard InChI is InChI=1S/C23H26N4O4/c1-27-21(25-22(28)12-10-16-7-5-4-6-8-16)14-18(26-27)23(29)24-15-17-9-11-19(30-2)20(13-17)31-3/h4-9,11,13-14H,10,12,15H2,1-3H3,(H,24,29)(H,25,28). The smallest absolute Gasteiger partial charge is 0.272 e. The van der Waals surface area contributed by atoms with Crippen LogP contribution in [0.2, 0.25) is 0 Å². The maximum Gasteiger partial charge on any atom is 0.272 e. The van der Waals surface area contributed by atoms with Gasteiger partial charge in [0.2, 0.25) is 5.91 Å². The maximum atomic E-state index is 12.5. The minimum absolute atomic E-state index is 0.135. The van der Waals surface area contributed by atoms with Crippen molar-refractivity contribution in [3.05, 3.63) is 71.4 Å². The Morgan fingerprint density at radius 1 is 0.968 bits per heavy atom. The third-order valence-corrected chi connectivity index (χ3v) is 4.76. The zero-order chi connectivity index (χ0) is 22.2. The number of ether oxygens (including phenoxy) is 2. The van der Waals surface area contributed by atoms with E-state index in [1.165, 1.54) is 4.68 Å². The number of nitrogens with zero attached hydrogens (tertiary/aromatic N) is 2. The van der Waals surface area contributed by atoms with Crippen LogP contribution >= 0.6 is 0 Å². The molecule has 0 atom stereocenters. The molecule has 1 heterocycles. The normalized spacial score (nSPS) is 10.4. The van der Waals surface area contributed by atoms with Crippen molar-refractivity contribution in [3.8, 4) is 11.5 Å². The highest BCUT2D eigenvalue weighted by atomic mass is 16.5. The number of hydrogen-bond acceptors (Lipinski definition) is 5. The average molecular weight is 422 g/mol. The lowest BCUT2D eigenvalue weighted by molar-refractivity contribution is -0.116. The lowest BCUT2D eigenvalue weighted by Crippen LogP contribution is -2.23. The van der Waals surface area contributed by atoms with Gasteiger partial charge in [0.05, 0.1) is 14.2 Å². The van der Waals surface area contributed by atoms with Gasteiger partial charge in [-0.3, -0.25) is 14.3 Å². The van der Waals surface area contributed by atoms with Gasteiger partial charge in [0, 0.05) is 26.1 Å². The molecule has 162 valence electrons. The summed E-state index contributed by atoms with van der Waals surface area (Å²) in [6.07, 6.45) is 0.985. The van der Waals surface area contributed by atoms with Crippen molar-refractivity contribution >= 4 is 17.6 Å². The van der Waals surface area contributed by atoms with Gasteiger partial charge in [0.1, 0.15) is 5.82 Å². The molecule has 3 rings (SSSR count). The highest BCUT2D eigenvalue weighted by molar-refractivity contribution is 5.95. The number of methoxy groups -OCH3 is 2. The van der Waals surface area contributed by atoms with Crippen molar-refractivity contribution < 1.29 is 19.1 Å². The number of carbonyl (C=O) groups is 2. The van der Waals surface area contributed by atoms with Crippen molar-refractivity contribution in [3.63, 3.8) is 0 Å². The van der Waals surface area contributed by atoms with E-state index >= 15 is 0 Å². The molecule has 0 bridgehead atoms. The van der Waals surface area contributed by atoms with E-state index < -0.39 is 0 Å². The van der Waals surface area contributed by atoms with E-state index in [1.54, 1.807) is 39.5 Å². The molecule has 1 aromatic heterocycles. The van der Waals surface area contributed by atoms with Crippen molar-refractivity contribution in [2.24, 2.45) is 7.05 Å². The molecule has 0 aliphatic rings. The van der Waals surface area contributed by atoms with E-state index in [4.69, 9.17) is 9.47 Å². The topological polar surface area (TPSA) is 94.5 Å². The third kappa shape index (κ3) is 5.85. The lowest BCUT2D eigenvalue weighted by Gasteiger charge is -2.10. The molecule has 31 heavy (non-hydrogen) atoms. The lowest BCUT2D eigenvalue weighted by atomic mass is 10.1. The summed E-state index contributed by atoms with van der Waals surface area (Å²) in [5, 5.41) is 9.83. The molecule has 0 saturated heterocycles. The molecule has 0 unspecified atom stereocenters. The minimum Gasteiger partial charge on any atom is -0.493 e. The Morgan fingerprint density at radius 2 is 1.71 bits per heavy atom. The van der Waals surface area contributed by atoms with Crippen LogP contribution < -0.4 is 20.1 Å². The fourth-order valence-electron chi connectivity index (χ4n) is 3.07. The van der Waals surface area contributed by atoms with Crippen LogP contribution in [0.25, 0.3) is 0 Å². The summed E-state index contributed by atoms with van der Waals surface area (Å²) in [5.41, 5.74) is 2.18. The van der Waals surface area contributed by atoms with Crippen LogP contribution in [0.15, 0.2) is 54.6 Å². The van der Waals surface area contributed by atoms with Crippen LogP contribution in [0.4, 0.5) is 5.82 Å². The van der Waals surface area contributed by atoms with Crippen LogP contribution in [0.1, 0.15) is 28.0 Å². The zero-order valence-corrected chi connectivity index (χ0v) is 17.8. The molecule has 0 aliphatic heterocycles. The molecule has 0 radical (unpaired) electrons. The Labute approximate surface area is 181 Å². The Kier molecular flexibility index (Phi) is 7.26. The van der Waals surface area contributed by atoms with Gasteiger partial charge in [0.25, 0.3) is 5.91 Å². The summed E-state index contributed by atoms with van der Waals surface area (Å²) in [7, 11) is 4.81. The number of hydrogen-bond donors (Lipinski definition) is 2. The van der Waals surface area contributed by atoms with Crippen LogP contribution in [-0.2, 0) is 24.8 Å². The van der Waals surface area contributed by atoms with Gasteiger partial charge in [-0.2, -0.15) is 5.10 Å². The average Bonchev–Trinajstić information content (AvgIpc) is 3.16. The highest BCUT2D eigenvalue weighted by Gasteiger charge is 2.15. The molecule has 2 amide bonds. The van der Waals surface area contributed by atoms with Crippen LogP contribution in [-0.4, -0.2) is 35.8 Å². The van der Waals surface area contributed by atoms with Gasteiger partial charge in [-0.25, -0.2) is 0 Å². The predicted octanol–water partition coefficient (Wildman–Crippen LogP) is 2.94. The second-order valence-corrected chi connectivity index (χ2v) is 6.94. The van der Waals surface area contributed by atoms with E-state index in [2.05, 4.69) is 15.7 Å². The first-order chi connectivity index (χ1) is 15.0. The van der Waals surface area contributed by atoms with Gasteiger partial charge < -0.3 is 20.1 Å². The van der Waals surface area contributed by atoms with Gasteiger partial charge in [-0.15, -0.1) is 0 Å². The van der Waals surface area contributed by atoms with E-state index in [0.29, 0.717) is 36.7 Å². The number of benzene rings is 2. The molecular formula is C23H26N4O4. The fraction of sp³-hybridized carbons (Fsp3) is 0.261. The Morgan fingerprint density at radius 3 is 2.42 bits per heavy atom. The number of nitrogens with one attached hydrogen (secondary N) is 2. The summed E-state index contributed by atoms with van der Waals surface area (Å²) < 4.78 is 12.0. The molecular weight excluding hydrogens is 396 g/mol. The molecule has 0 saturated carbocycles. The highest BCUT2D eigenvalue weighted by Crippen LogP contribution is 2.27. The summed E-state index contributed by atoms with van der Waals surface area (Å²) in [4.78, 5) is 24.8. The Bertz CT molecular complexity index is 1050. The monoisotopic (exact) mass is 422 g/mol. The Hall–Kier alpha value is -3.81. The SMILES string of the molecule is COc1ccc(CNC(=O)c2cc(NC(=O)CCc3ccccc3)n(C)n2)cc1OC. The van der Waals surface area contributed by atoms with E-state index in [0.717, 1.165) is 11.1 Å². The molecule has 0 aliphatic carbocycles. The second-order valence-electron chi connectivity index (χ2n) is 6.94. The number of aryl methyl sites for hydroxylation is 2. The second kappa shape index (κ2) is 10.3. The molecule has 2 N–H and O–H groups in total. The summed E-state index contributed by atoms with van der Waals surface area (Å²) in [6.45, 7) is 0.300. The van der Waals surface area contributed by atoms with Crippen molar-refractivity contribution in [2.75, 3.05) is 19.5 Å². The Balaban J connectivity index is 1.55. The number of aromatic nitrogens is 2. The van der Waals surface area contributed by atoms with Crippen molar-refractivity contribution in [2.45, 2.75) is 19.4 Å². The molecule has 0 fully saturated rings. The summed E-state index contributed by atoms with van der Waals surface area (Å²) in [5.74, 6) is 1.20. The van der Waals surface area contributed by atoms with Gasteiger partial charge >= 0.3 is 0 Å². The summed E-state index contributed by atoms with van der Waals surface area (Å²) in [6, 6.07) is 16.8. The van der Waals surface area contributed by atoms with Crippen molar-refractivity contribution in [1.82, 2.24) is 15.1 Å². The van der Waals surface area contributed by atoms with Crippen LogP contribution in [0, 0.1) is 0 Å². The first-order valence-electron chi connectivity index (χ1n) is 9.87. The molecule has 2 aromatic carbocycles. The number of rotatable bonds is 9. The first kappa shape index (κ1) is 21.9. The molecule has 0 spiro atoms. The largest absolute Gasteiger partial charge is 0.493 e. The predicted molar refractivity (Wildman–Crippen MR) is 117 cm³/mol. The third-order valence-electron chi connectivity index (χ3n) is 4.76. The van der Waals surface area contributed by atoms with Gasteiger partial charge in [0.15, 0.2) is 17.2 Å². The molecule has 8 heteroatoms. The van der Waals surface area contributed by atoms with Gasteiger partial charge in [-0.05, 0) is 29.7 Å². The minimum atomic E-state index is -0.338. The summed E-state index contributed by atoms with van der Waals surface area (Å²) >= 11 is 0. The van der Waals surface area contributed by atoms with Crippen LogP contribution in [0.3, 0.4) is 0 Å². The van der Waals surface area contributed by atoms with E-state index in [1.807, 2.05) is 36.4 Å². The van der Waals surface area contributed by atoms with E-state index in [9.17, 15) is 9.59 Å². The van der Waals surface area contributed by atoms with Crippen molar-refractivity contribution in [1.29, 1.82) is 0 Å². The number of amides is 2. The van der Waals surface area contributed by atoms with E-state index in [-0.39, 0.29) is 17.5 Å². The van der Waals surface area contributed by atoms with Crippen LogP contribution in [0.5, 0.6) is 11.5 Å².